The van der Waals surface area contributed by atoms with Crippen molar-refractivity contribution in [3.05, 3.63) is 33.6 Å². The molecule has 2 N–H and O–H groups in total. The van der Waals surface area contributed by atoms with Gasteiger partial charge in [0, 0.05) is 18.2 Å². The maximum absolute atomic E-state index is 13.6. The molecule has 0 amide bonds. The zero-order valence-corrected chi connectivity index (χ0v) is 11.5. The van der Waals surface area contributed by atoms with Crippen molar-refractivity contribution in [1.29, 1.82) is 0 Å². The van der Waals surface area contributed by atoms with Crippen LogP contribution in [0.1, 0.15) is 37.6 Å². The molecule has 1 rings (SSSR count). The molecule has 20 heavy (non-hydrogen) atoms. The minimum Gasteiger partial charge on any atom is -0.478 e. The smallest absolute Gasteiger partial charge is 0.338 e. The third-order valence-corrected chi connectivity index (χ3v) is 3.39. The largest absolute Gasteiger partial charge is 0.478 e. The molecule has 110 valence electrons. The van der Waals surface area contributed by atoms with Gasteiger partial charge in [-0.15, -0.1) is 0 Å². The van der Waals surface area contributed by atoms with E-state index in [0.717, 1.165) is 18.6 Å². The van der Waals surface area contributed by atoms with E-state index in [0.29, 0.717) is 0 Å². The number of nitrogens with zero attached hydrogens (tertiary/aromatic N) is 1. The van der Waals surface area contributed by atoms with Gasteiger partial charge in [0.2, 0.25) is 0 Å². The average Bonchev–Trinajstić information content (AvgIpc) is 2.36. The fraction of sp³-hybridized carbons (Fsp3) is 0.462. The molecule has 0 spiro atoms. The van der Waals surface area contributed by atoms with Crippen LogP contribution >= 0.6 is 0 Å². The Labute approximate surface area is 115 Å². The molecule has 0 heterocycles. The second-order valence-electron chi connectivity index (χ2n) is 4.73. The normalized spacial score (nSPS) is 13.6. The van der Waals surface area contributed by atoms with Crippen molar-refractivity contribution in [2.75, 3.05) is 5.32 Å². The van der Waals surface area contributed by atoms with E-state index in [9.17, 15) is 19.3 Å². The summed E-state index contributed by atoms with van der Waals surface area (Å²) in [5.74, 6) is -2.30. The number of halogens is 1. The van der Waals surface area contributed by atoms with Crippen molar-refractivity contribution in [2.45, 2.75) is 33.2 Å². The third-order valence-electron chi connectivity index (χ3n) is 3.39. The summed E-state index contributed by atoms with van der Waals surface area (Å²) in [6.45, 7) is 5.78. The molecule has 1 aromatic carbocycles. The number of rotatable bonds is 6. The van der Waals surface area contributed by atoms with Gasteiger partial charge in [0.15, 0.2) is 0 Å². The SMILES string of the molecule is CCC(C)C(C)Nc1cc(F)c(C(=O)O)cc1[N+](=O)[O-]. The number of carboxylic acid groups (broad SMARTS) is 1. The van der Waals surface area contributed by atoms with E-state index in [1.54, 1.807) is 0 Å². The van der Waals surface area contributed by atoms with Gasteiger partial charge in [-0.25, -0.2) is 9.18 Å². The van der Waals surface area contributed by atoms with Crippen LogP contribution in [0.25, 0.3) is 0 Å². The molecule has 0 aliphatic rings. The van der Waals surface area contributed by atoms with Crippen LogP contribution in [-0.2, 0) is 0 Å². The number of hydrogen-bond acceptors (Lipinski definition) is 4. The Hall–Kier alpha value is -2.18. The van der Waals surface area contributed by atoms with Crippen LogP contribution in [0, 0.1) is 21.8 Å². The Morgan fingerprint density at radius 3 is 2.55 bits per heavy atom. The van der Waals surface area contributed by atoms with Crippen molar-refractivity contribution in [1.82, 2.24) is 0 Å². The minimum absolute atomic E-state index is 0.00898. The Morgan fingerprint density at radius 1 is 1.50 bits per heavy atom. The van der Waals surface area contributed by atoms with Crippen molar-refractivity contribution >= 4 is 17.3 Å². The van der Waals surface area contributed by atoms with Gasteiger partial charge in [-0.1, -0.05) is 20.3 Å². The van der Waals surface area contributed by atoms with E-state index < -0.39 is 28.0 Å². The monoisotopic (exact) mass is 284 g/mol. The highest BCUT2D eigenvalue weighted by atomic mass is 19.1. The molecule has 1 aromatic rings. The summed E-state index contributed by atoms with van der Waals surface area (Å²) in [4.78, 5) is 21.1. The van der Waals surface area contributed by atoms with E-state index in [-0.39, 0.29) is 17.6 Å². The van der Waals surface area contributed by atoms with Gasteiger partial charge in [0.25, 0.3) is 5.69 Å². The summed E-state index contributed by atoms with van der Waals surface area (Å²) >= 11 is 0. The zero-order valence-electron chi connectivity index (χ0n) is 11.5. The molecular weight excluding hydrogens is 267 g/mol. The summed E-state index contributed by atoms with van der Waals surface area (Å²) in [5, 5.41) is 22.6. The first-order valence-electron chi connectivity index (χ1n) is 6.25. The summed E-state index contributed by atoms with van der Waals surface area (Å²) in [6, 6.07) is 1.50. The number of nitrogens with one attached hydrogen (secondary N) is 1. The molecule has 0 radical (unpaired) electrons. The fourth-order valence-corrected chi connectivity index (χ4v) is 1.73. The van der Waals surface area contributed by atoms with Gasteiger partial charge in [-0.05, 0) is 12.8 Å². The van der Waals surface area contributed by atoms with E-state index in [2.05, 4.69) is 5.32 Å². The second-order valence-corrected chi connectivity index (χ2v) is 4.73. The predicted octanol–water partition coefficient (Wildman–Crippen LogP) is 3.28. The zero-order chi connectivity index (χ0) is 15.4. The van der Waals surface area contributed by atoms with Gasteiger partial charge in [-0.3, -0.25) is 10.1 Å². The molecule has 0 bridgehead atoms. The lowest BCUT2D eigenvalue weighted by Gasteiger charge is -2.21. The van der Waals surface area contributed by atoms with Gasteiger partial charge in [0.1, 0.15) is 17.1 Å². The molecule has 0 saturated carbocycles. The number of carboxylic acids is 1. The van der Waals surface area contributed by atoms with Crippen LogP contribution in [0.4, 0.5) is 15.8 Å². The van der Waals surface area contributed by atoms with E-state index in [1.807, 2.05) is 20.8 Å². The van der Waals surface area contributed by atoms with Gasteiger partial charge >= 0.3 is 5.97 Å². The lowest BCUT2D eigenvalue weighted by molar-refractivity contribution is -0.384. The van der Waals surface area contributed by atoms with E-state index >= 15 is 0 Å². The molecule has 7 heteroatoms. The number of benzene rings is 1. The highest BCUT2D eigenvalue weighted by Gasteiger charge is 2.23. The first-order valence-corrected chi connectivity index (χ1v) is 6.25. The molecule has 0 aromatic heterocycles. The van der Waals surface area contributed by atoms with Gasteiger partial charge < -0.3 is 10.4 Å². The predicted molar refractivity (Wildman–Crippen MR) is 72.6 cm³/mol. The Kier molecular flexibility index (Phi) is 5.01. The van der Waals surface area contributed by atoms with Crippen LogP contribution in [0.5, 0.6) is 0 Å². The van der Waals surface area contributed by atoms with Crippen molar-refractivity contribution in [3.63, 3.8) is 0 Å². The number of nitro groups is 1. The molecule has 0 aliphatic carbocycles. The molecule has 6 nitrogen and oxygen atoms in total. The fourth-order valence-electron chi connectivity index (χ4n) is 1.73. The number of nitro benzene ring substituents is 1. The van der Waals surface area contributed by atoms with Crippen LogP contribution in [0.3, 0.4) is 0 Å². The summed E-state index contributed by atoms with van der Waals surface area (Å²) < 4.78 is 13.6. The number of anilines is 1. The van der Waals surface area contributed by atoms with Crippen LogP contribution in [0.2, 0.25) is 0 Å². The Morgan fingerprint density at radius 2 is 2.10 bits per heavy atom. The lowest BCUT2D eigenvalue weighted by Crippen LogP contribution is -2.24. The Bertz CT molecular complexity index is 533. The molecular formula is C13H17FN2O4. The second kappa shape index (κ2) is 6.31. The van der Waals surface area contributed by atoms with Crippen molar-refractivity contribution < 1.29 is 19.2 Å². The lowest BCUT2D eigenvalue weighted by atomic mass is 10.0. The number of carbonyl (C=O) groups is 1. The average molecular weight is 284 g/mol. The molecule has 0 fully saturated rings. The Balaban J connectivity index is 3.22. The number of aromatic carboxylic acids is 1. The maximum Gasteiger partial charge on any atom is 0.338 e. The van der Waals surface area contributed by atoms with E-state index in [4.69, 9.17) is 5.11 Å². The van der Waals surface area contributed by atoms with Crippen LogP contribution < -0.4 is 5.32 Å². The van der Waals surface area contributed by atoms with Gasteiger partial charge in [0.05, 0.1) is 4.92 Å². The van der Waals surface area contributed by atoms with Crippen molar-refractivity contribution in [2.24, 2.45) is 5.92 Å². The molecule has 0 aliphatic heterocycles. The molecule has 2 atom stereocenters. The van der Waals surface area contributed by atoms with Gasteiger partial charge in [-0.2, -0.15) is 0 Å². The van der Waals surface area contributed by atoms with E-state index in [1.165, 1.54) is 0 Å². The minimum atomic E-state index is -1.54. The maximum atomic E-state index is 13.6. The quantitative estimate of drug-likeness (QED) is 0.617. The standard InChI is InChI=1S/C13H17FN2O4/c1-4-7(2)8(3)15-11-6-10(14)9(13(17)18)5-12(11)16(19)20/h5-8,15H,4H2,1-3H3,(H,17,18). The van der Waals surface area contributed by atoms with Crippen molar-refractivity contribution in [3.8, 4) is 0 Å². The van der Waals surface area contributed by atoms with Crippen LogP contribution in [-0.4, -0.2) is 22.0 Å². The topological polar surface area (TPSA) is 92.5 Å². The third kappa shape index (κ3) is 3.43. The first-order chi connectivity index (χ1) is 9.27. The molecule has 2 unspecified atom stereocenters. The highest BCUT2D eigenvalue weighted by molar-refractivity contribution is 5.90. The molecule has 0 saturated heterocycles. The summed E-state index contributed by atoms with van der Waals surface area (Å²) in [7, 11) is 0. The summed E-state index contributed by atoms with van der Waals surface area (Å²) in [6.07, 6.45) is 0.859. The summed E-state index contributed by atoms with van der Waals surface area (Å²) in [5.41, 5.74) is -1.16. The number of hydrogen-bond donors (Lipinski definition) is 2. The van der Waals surface area contributed by atoms with Crippen LogP contribution in [0.15, 0.2) is 12.1 Å². The highest BCUT2D eigenvalue weighted by Crippen LogP contribution is 2.29. The first kappa shape index (κ1) is 15.9.